The van der Waals surface area contributed by atoms with E-state index in [4.69, 9.17) is 0 Å². The largest absolute Gasteiger partial charge is 0.307 e. The molecule has 0 aliphatic carbocycles. The summed E-state index contributed by atoms with van der Waals surface area (Å²) >= 11 is 1.45. The number of thiophene rings is 1. The highest BCUT2D eigenvalue weighted by Crippen LogP contribution is 2.35. The number of para-hydroxylation sites is 1. The van der Waals surface area contributed by atoms with Crippen LogP contribution in [-0.4, -0.2) is 41.4 Å². The van der Waals surface area contributed by atoms with Gasteiger partial charge < -0.3 is 4.90 Å². The molecule has 2 aromatic heterocycles. The van der Waals surface area contributed by atoms with Crippen LogP contribution in [0.25, 0.3) is 21.3 Å². The van der Waals surface area contributed by atoms with Crippen molar-refractivity contribution in [2.45, 2.75) is 25.9 Å². The molecule has 7 nitrogen and oxygen atoms in total. The molecule has 4 aromatic rings. The third-order valence-corrected chi connectivity index (χ3v) is 8.86. The zero-order valence-corrected chi connectivity index (χ0v) is 20.2. The highest BCUT2D eigenvalue weighted by molar-refractivity contribution is 7.91. The molecule has 3 heterocycles. The third kappa shape index (κ3) is 4.17. The van der Waals surface area contributed by atoms with E-state index in [2.05, 4.69) is 4.98 Å². The Hall–Kier alpha value is -3.30. The van der Waals surface area contributed by atoms with Crippen LogP contribution in [0, 0.1) is 6.92 Å². The van der Waals surface area contributed by atoms with Crippen LogP contribution in [0.5, 0.6) is 0 Å². The fourth-order valence-corrected chi connectivity index (χ4v) is 7.25. The van der Waals surface area contributed by atoms with Gasteiger partial charge in [-0.05, 0) is 31.0 Å². The lowest BCUT2D eigenvalue weighted by Gasteiger charge is -2.28. The van der Waals surface area contributed by atoms with E-state index in [1.54, 1.807) is 24.3 Å². The van der Waals surface area contributed by atoms with Crippen molar-refractivity contribution in [3.8, 4) is 11.1 Å². The van der Waals surface area contributed by atoms with Crippen LogP contribution in [-0.2, 0) is 21.2 Å². The zero-order chi connectivity index (χ0) is 23.9. The number of hydrogen-bond acceptors (Lipinski definition) is 6. The van der Waals surface area contributed by atoms with Gasteiger partial charge in [0.15, 0.2) is 9.84 Å². The van der Waals surface area contributed by atoms with Gasteiger partial charge in [0.2, 0.25) is 5.91 Å². The number of aryl methyl sites for hydroxylation is 1. The van der Waals surface area contributed by atoms with Gasteiger partial charge in [-0.1, -0.05) is 48.5 Å². The molecule has 0 radical (unpaired) electrons. The molecule has 1 fully saturated rings. The number of rotatable bonds is 5. The fraction of sp³-hybridized carbons (Fsp3) is 0.240. The Bertz CT molecular complexity index is 1530. The predicted molar refractivity (Wildman–Crippen MR) is 135 cm³/mol. The average Bonchev–Trinajstić information content (AvgIpc) is 3.36. The number of carbonyl (C=O) groups excluding carboxylic acids is 1. The summed E-state index contributed by atoms with van der Waals surface area (Å²) in [6.07, 6.45) is 1.78. The summed E-state index contributed by atoms with van der Waals surface area (Å²) in [5.74, 6) is -0.373. The number of amides is 1. The second-order valence-corrected chi connectivity index (χ2v) is 11.8. The van der Waals surface area contributed by atoms with Crippen molar-refractivity contribution >= 4 is 43.0 Å². The first-order chi connectivity index (χ1) is 16.3. The molecule has 34 heavy (non-hydrogen) atoms. The summed E-state index contributed by atoms with van der Waals surface area (Å²) in [7, 11) is -3.20. The molecule has 1 amide bonds. The number of nitrogens with zero attached hydrogens (tertiary/aromatic N) is 3. The molecule has 1 aliphatic heterocycles. The molecule has 5 rings (SSSR count). The standard InChI is InChI=1S/C25H23N3O4S2/c1-17-22(18-8-4-2-5-9-18)23-24(33-17)26-16-27(25(23)30)14-21(29)28(19-10-6-3-7-11-19)20-12-13-34(31,32)15-20/h2-11,16,20H,12-15H2,1H3. The van der Waals surface area contributed by atoms with Crippen LogP contribution >= 0.6 is 11.3 Å². The SMILES string of the molecule is Cc1sc2ncn(CC(=O)N(c3ccccc3)C3CCS(=O)(=O)C3)c(=O)c2c1-c1ccccc1. The van der Waals surface area contributed by atoms with Crippen LogP contribution in [0.3, 0.4) is 0 Å². The highest BCUT2D eigenvalue weighted by Gasteiger charge is 2.35. The molecule has 0 N–H and O–H groups in total. The van der Waals surface area contributed by atoms with Gasteiger partial charge in [0.25, 0.3) is 5.56 Å². The molecule has 9 heteroatoms. The van der Waals surface area contributed by atoms with Gasteiger partial charge in [0.1, 0.15) is 11.4 Å². The molecule has 1 unspecified atom stereocenters. The summed E-state index contributed by atoms with van der Waals surface area (Å²) in [5.41, 5.74) is 2.10. The zero-order valence-electron chi connectivity index (χ0n) is 18.5. The van der Waals surface area contributed by atoms with Gasteiger partial charge in [-0.15, -0.1) is 11.3 Å². The van der Waals surface area contributed by atoms with Gasteiger partial charge >= 0.3 is 0 Å². The maximum atomic E-state index is 13.5. The molecular weight excluding hydrogens is 470 g/mol. The van der Waals surface area contributed by atoms with E-state index in [9.17, 15) is 18.0 Å². The minimum absolute atomic E-state index is 0.0519. The Balaban J connectivity index is 1.54. The Morgan fingerprint density at radius 3 is 2.44 bits per heavy atom. The molecule has 1 atom stereocenters. The average molecular weight is 494 g/mol. The topological polar surface area (TPSA) is 89.3 Å². The lowest BCUT2D eigenvalue weighted by molar-refractivity contribution is -0.119. The van der Waals surface area contributed by atoms with Crippen molar-refractivity contribution in [3.05, 3.63) is 82.2 Å². The Labute approximate surface area is 201 Å². The maximum Gasteiger partial charge on any atom is 0.263 e. The van der Waals surface area contributed by atoms with Gasteiger partial charge in [0.05, 0.1) is 29.3 Å². The fourth-order valence-electron chi connectivity index (χ4n) is 4.55. The van der Waals surface area contributed by atoms with Crippen molar-refractivity contribution in [2.24, 2.45) is 0 Å². The first-order valence-electron chi connectivity index (χ1n) is 11.0. The molecule has 0 spiro atoms. The van der Waals surface area contributed by atoms with Gasteiger partial charge in [0, 0.05) is 16.1 Å². The van der Waals surface area contributed by atoms with Crippen LogP contribution < -0.4 is 10.5 Å². The maximum absolute atomic E-state index is 13.5. The van der Waals surface area contributed by atoms with E-state index >= 15 is 0 Å². The number of carbonyl (C=O) groups is 1. The summed E-state index contributed by atoms with van der Waals surface area (Å²) < 4.78 is 25.6. The van der Waals surface area contributed by atoms with Gasteiger partial charge in [-0.3, -0.25) is 14.2 Å². The molecule has 1 saturated heterocycles. The molecule has 174 valence electrons. The number of sulfone groups is 1. The Morgan fingerprint density at radius 1 is 1.12 bits per heavy atom. The monoisotopic (exact) mass is 493 g/mol. The first-order valence-corrected chi connectivity index (χ1v) is 13.6. The van der Waals surface area contributed by atoms with Gasteiger partial charge in [-0.2, -0.15) is 0 Å². The smallest absolute Gasteiger partial charge is 0.263 e. The number of anilines is 1. The van der Waals surface area contributed by atoms with Crippen LogP contribution in [0.1, 0.15) is 11.3 Å². The van der Waals surface area contributed by atoms with E-state index < -0.39 is 15.9 Å². The lowest BCUT2D eigenvalue weighted by atomic mass is 10.0. The lowest BCUT2D eigenvalue weighted by Crippen LogP contribution is -2.44. The van der Waals surface area contributed by atoms with Crippen molar-refractivity contribution in [2.75, 3.05) is 16.4 Å². The summed E-state index contributed by atoms with van der Waals surface area (Å²) in [5, 5.41) is 0.499. The quantitative estimate of drug-likeness (QED) is 0.423. The van der Waals surface area contributed by atoms with Crippen LogP contribution in [0.2, 0.25) is 0 Å². The van der Waals surface area contributed by atoms with Crippen molar-refractivity contribution in [1.82, 2.24) is 9.55 Å². The minimum Gasteiger partial charge on any atom is -0.307 e. The minimum atomic E-state index is -3.20. The second-order valence-electron chi connectivity index (χ2n) is 8.41. The van der Waals surface area contributed by atoms with E-state index in [0.717, 1.165) is 16.0 Å². The molecule has 2 aromatic carbocycles. The number of hydrogen-bond donors (Lipinski definition) is 0. The molecule has 0 saturated carbocycles. The third-order valence-electron chi connectivity index (χ3n) is 6.10. The van der Waals surface area contributed by atoms with Crippen LogP contribution in [0.15, 0.2) is 71.8 Å². The highest BCUT2D eigenvalue weighted by atomic mass is 32.2. The van der Waals surface area contributed by atoms with E-state index in [-0.39, 0.29) is 29.5 Å². The Morgan fingerprint density at radius 2 is 1.79 bits per heavy atom. The van der Waals surface area contributed by atoms with E-state index in [1.807, 2.05) is 43.3 Å². The molecule has 0 bridgehead atoms. The molecular formula is C25H23N3O4S2. The second kappa shape index (κ2) is 8.81. The predicted octanol–water partition coefficient (Wildman–Crippen LogP) is 3.65. The van der Waals surface area contributed by atoms with Gasteiger partial charge in [-0.25, -0.2) is 13.4 Å². The summed E-state index contributed by atoms with van der Waals surface area (Å²) in [6, 6.07) is 18.2. The van der Waals surface area contributed by atoms with E-state index in [0.29, 0.717) is 22.3 Å². The summed E-state index contributed by atoms with van der Waals surface area (Å²) in [6.45, 7) is 1.73. The molecule has 1 aliphatic rings. The first kappa shape index (κ1) is 22.5. The number of aromatic nitrogens is 2. The van der Waals surface area contributed by atoms with Crippen LogP contribution in [0.4, 0.5) is 5.69 Å². The Kier molecular flexibility index (Phi) is 5.83. The van der Waals surface area contributed by atoms with Crippen molar-refractivity contribution in [3.63, 3.8) is 0 Å². The van der Waals surface area contributed by atoms with E-state index in [1.165, 1.54) is 27.1 Å². The summed E-state index contributed by atoms with van der Waals surface area (Å²) in [4.78, 5) is 34.6. The number of fused-ring (bicyclic) bond motifs is 1. The normalized spacial score (nSPS) is 17.1. The number of benzene rings is 2. The van der Waals surface area contributed by atoms with Crippen molar-refractivity contribution < 1.29 is 13.2 Å². The van der Waals surface area contributed by atoms with Crippen molar-refractivity contribution in [1.29, 1.82) is 0 Å².